The van der Waals surface area contributed by atoms with Crippen LogP contribution in [-0.2, 0) is 0 Å². The van der Waals surface area contributed by atoms with Crippen molar-refractivity contribution in [3.63, 3.8) is 0 Å². The lowest BCUT2D eigenvalue weighted by Crippen LogP contribution is -2.29. The van der Waals surface area contributed by atoms with E-state index < -0.39 is 0 Å². The molecule has 1 aromatic rings. The molecule has 3 N–H and O–H groups in total. The van der Waals surface area contributed by atoms with Crippen LogP contribution in [0.1, 0.15) is 18.4 Å². The van der Waals surface area contributed by atoms with Crippen molar-refractivity contribution in [2.75, 3.05) is 5.32 Å². The lowest BCUT2D eigenvalue weighted by molar-refractivity contribution is 0.204. The summed E-state index contributed by atoms with van der Waals surface area (Å²) >= 11 is 6.09. The predicted molar refractivity (Wildman–Crippen MR) is 95.4 cm³/mol. The quantitative estimate of drug-likeness (QED) is 0.856. The van der Waals surface area contributed by atoms with Gasteiger partial charge < -0.3 is 15.8 Å². The molecule has 0 saturated carbocycles. The first-order chi connectivity index (χ1) is 11.2. The third kappa shape index (κ3) is 2.71. The first-order valence-corrected chi connectivity index (χ1v) is 8.32. The highest BCUT2D eigenvalue weighted by Gasteiger charge is 2.31. The lowest BCUT2D eigenvalue weighted by Gasteiger charge is -2.22. The molecule has 0 bridgehead atoms. The van der Waals surface area contributed by atoms with Crippen molar-refractivity contribution in [1.82, 2.24) is 0 Å². The van der Waals surface area contributed by atoms with E-state index in [4.69, 9.17) is 22.1 Å². The van der Waals surface area contributed by atoms with Crippen molar-refractivity contribution >= 4 is 22.9 Å². The number of nitrogens with one attached hydrogen (secondary N) is 1. The van der Waals surface area contributed by atoms with E-state index >= 15 is 0 Å². The van der Waals surface area contributed by atoms with E-state index in [1.54, 1.807) is 0 Å². The number of hydrogen-bond donors (Lipinski definition) is 2. The molecule has 3 aliphatic rings. The fourth-order valence-corrected chi connectivity index (χ4v) is 3.56. The molecule has 0 radical (unpaired) electrons. The molecule has 4 rings (SSSR count). The van der Waals surface area contributed by atoms with Crippen molar-refractivity contribution in [3.8, 4) is 5.75 Å². The highest BCUT2D eigenvalue weighted by molar-refractivity contribution is 6.30. The maximum atomic E-state index is 6.29. The average Bonchev–Trinajstić information content (AvgIpc) is 3.00. The smallest absolute Gasteiger partial charge is 0.176 e. The highest BCUT2D eigenvalue weighted by atomic mass is 35.5. The minimum absolute atomic E-state index is 0.0353. The van der Waals surface area contributed by atoms with Gasteiger partial charge in [-0.1, -0.05) is 54.1 Å². The Morgan fingerprint density at radius 2 is 2.13 bits per heavy atom. The Balaban J connectivity index is 1.65. The Hall–Kier alpha value is -1.97. The van der Waals surface area contributed by atoms with Gasteiger partial charge in [-0.15, -0.1) is 0 Å². The van der Waals surface area contributed by atoms with Gasteiger partial charge in [-0.25, -0.2) is 0 Å². The molecule has 23 heavy (non-hydrogen) atoms. The molecule has 2 aliphatic carbocycles. The molecule has 0 fully saturated rings. The number of anilines is 1. The van der Waals surface area contributed by atoms with Crippen LogP contribution in [0.15, 0.2) is 59.7 Å². The second kappa shape index (κ2) is 5.91. The van der Waals surface area contributed by atoms with Gasteiger partial charge in [-0.3, -0.25) is 0 Å². The van der Waals surface area contributed by atoms with E-state index in [0.29, 0.717) is 12.3 Å². The van der Waals surface area contributed by atoms with Crippen molar-refractivity contribution in [1.29, 1.82) is 0 Å². The van der Waals surface area contributed by atoms with Gasteiger partial charge in [0.05, 0.1) is 5.69 Å². The summed E-state index contributed by atoms with van der Waals surface area (Å²) in [4.78, 5) is 0. The van der Waals surface area contributed by atoms with Crippen LogP contribution in [0.5, 0.6) is 5.75 Å². The molecule has 0 aromatic heterocycles. The van der Waals surface area contributed by atoms with E-state index in [1.165, 1.54) is 0 Å². The second-order valence-corrected chi connectivity index (χ2v) is 6.61. The third-order valence-electron chi connectivity index (χ3n) is 4.54. The average molecular weight is 327 g/mol. The Labute approximate surface area is 141 Å². The molecule has 0 amide bonds. The molecule has 3 atom stereocenters. The van der Waals surface area contributed by atoms with E-state index in [2.05, 4.69) is 35.7 Å². The SMILES string of the molecule is NC1CC(Cl)=CC=C1c1cccc2c1NC(C1C=CC=CC1)O2. The zero-order chi connectivity index (χ0) is 15.8. The standard InChI is InChI=1S/C19H19ClN2O/c20-13-9-10-14(16(21)11-13)15-7-4-8-17-18(15)22-19(23-17)12-5-2-1-3-6-12/h1-5,7-10,12,16,19,22H,6,11,21H2. The number of rotatable bonds is 2. The molecule has 1 aromatic carbocycles. The molecule has 0 spiro atoms. The molecule has 1 heterocycles. The van der Waals surface area contributed by atoms with Crippen LogP contribution in [0.25, 0.3) is 5.57 Å². The summed E-state index contributed by atoms with van der Waals surface area (Å²) in [5, 5.41) is 4.35. The van der Waals surface area contributed by atoms with E-state index in [-0.39, 0.29) is 12.3 Å². The summed E-state index contributed by atoms with van der Waals surface area (Å²) in [6.07, 6.45) is 14.1. The van der Waals surface area contributed by atoms with Gasteiger partial charge in [0.15, 0.2) is 6.23 Å². The monoisotopic (exact) mass is 326 g/mol. The fourth-order valence-electron chi connectivity index (χ4n) is 3.33. The highest BCUT2D eigenvalue weighted by Crippen LogP contribution is 2.42. The molecule has 3 nitrogen and oxygen atoms in total. The zero-order valence-electron chi connectivity index (χ0n) is 12.7. The second-order valence-electron chi connectivity index (χ2n) is 6.12. The van der Waals surface area contributed by atoms with Crippen molar-refractivity contribution < 1.29 is 4.74 Å². The van der Waals surface area contributed by atoms with Crippen molar-refractivity contribution in [2.24, 2.45) is 11.7 Å². The van der Waals surface area contributed by atoms with Gasteiger partial charge in [-0.2, -0.15) is 0 Å². The first-order valence-electron chi connectivity index (χ1n) is 7.94. The van der Waals surface area contributed by atoms with Crippen molar-refractivity contribution in [2.45, 2.75) is 25.1 Å². The molecule has 0 saturated heterocycles. The van der Waals surface area contributed by atoms with E-state index in [9.17, 15) is 0 Å². The van der Waals surface area contributed by atoms with Gasteiger partial charge in [0.1, 0.15) is 5.75 Å². The molecular formula is C19H19ClN2O. The summed E-state index contributed by atoms with van der Waals surface area (Å²) in [6, 6.07) is 6.03. The van der Waals surface area contributed by atoms with Gasteiger partial charge in [0, 0.05) is 29.0 Å². The van der Waals surface area contributed by atoms with Gasteiger partial charge in [0.2, 0.25) is 0 Å². The molecular weight excluding hydrogens is 308 g/mol. The van der Waals surface area contributed by atoms with Crippen LogP contribution in [0, 0.1) is 5.92 Å². The normalized spacial score (nSPS) is 28.5. The van der Waals surface area contributed by atoms with Gasteiger partial charge in [0.25, 0.3) is 0 Å². The van der Waals surface area contributed by atoms with Crippen LogP contribution in [0.4, 0.5) is 5.69 Å². The number of para-hydroxylation sites is 1. The maximum Gasteiger partial charge on any atom is 0.176 e. The fraction of sp³-hybridized carbons (Fsp3) is 0.263. The van der Waals surface area contributed by atoms with Crippen LogP contribution in [-0.4, -0.2) is 12.3 Å². The Morgan fingerprint density at radius 1 is 1.22 bits per heavy atom. The first kappa shape index (κ1) is 14.6. The molecule has 1 aliphatic heterocycles. The predicted octanol–water partition coefficient (Wildman–Crippen LogP) is 4.19. The number of ether oxygens (including phenoxy) is 1. The van der Waals surface area contributed by atoms with E-state index in [0.717, 1.165) is 34.0 Å². The summed E-state index contributed by atoms with van der Waals surface area (Å²) in [5.74, 6) is 1.23. The van der Waals surface area contributed by atoms with Crippen LogP contribution in [0.2, 0.25) is 0 Å². The van der Waals surface area contributed by atoms with Crippen LogP contribution < -0.4 is 15.8 Å². The van der Waals surface area contributed by atoms with Crippen LogP contribution >= 0.6 is 11.6 Å². The maximum absolute atomic E-state index is 6.29. The lowest BCUT2D eigenvalue weighted by atomic mass is 9.91. The number of fused-ring (bicyclic) bond motifs is 1. The topological polar surface area (TPSA) is 47.3 Å². The Bertz CT molecular complexity index is 748. The van der Waals surface area contributed by atoms with Gasteiger partial charge in [-0.05, 0) is 24.1 Å². The number of nitrogens with two attached hydrogens (primary N) is 1. The summed E-state index contributed by atoms with van der Waals surface area (Å²) in [5.41, 5.74) is 9.53. The number of halogens is 1. The molecule has 4 heteroatoms. The molecule has 3 unspecified atom stereocenters. The summed E-state index contributed by atoms with van der Waals surface area (Å²) in [7, 11) is 0. The largest absolute Gasteiger partial charge is 0.468 e. The van der Waals surface area contributed by atoms with E-state index in [1.807, 2.05) is 24.3 Å². The minimum atomic E-state index is -0.0858. The molecule has 118 valence electrons. The van der Waals surface area contributed by atoms with Gasteiger partial charge >= 0.3 is 0 Å². The van der Waals surface area contributed by atoms with Crippen molar-refractivity contribution in [3.05, 3.63) is 65.3 Å². The Kier molecular flexibility index (Phi) is 3.76. The Morgan fingerprint density at radius 3 is 2.91 bits per heavy atom. The minimum Gasteiger partial charge on any atom is -0.468 e. The van der Waals surface area contributed by atoms with Crippen LogP contribution in [0.3, 0.4) is 0 Å². The summed E-state index contributed by atoms with van der Waals surface area (Å²) < 4.78 is 6.13. The number of allylic oxidation sites excluding steroid dienone is 5. The number of hydrogen-bond acceptors (Lipinski definition) is 3. The third-order valence-corrected chi connectivity index (χ3v) is 4.82. The summed E-state index contributed by atoms with van der Waals surface area (Å²) in [6.45, 7) is 0. The number of benzene rings is 1. The zero-order valence-corrected chi connectivity index (χ0v) is 13.5.